The van der Waals surface area contributed by atoms with Gasteiger partial charge in [0.05, 0.1) is 0 Å². The van der Waals surface area contributed by atoms with Gasteiger partial charge in [-0.25, -0.2) is 0 Å². The Morgan fingerprint density at radius 2 is 1.40 bits per heavy atom. The van der Waals surface area contributed by atoms with Gasteiger partial charge >= 0.3 is 6.18 Å². The fourth-order valence-electron chi connectivity index (χ4n) is 4.88. The monoisotopic (exact) mass is 415 g/mol. The van der Waals surface area contributed by atoms with Crippen molar-refractivity contribution in [3.8, 4) is 0 Å². The second-order valence-corrected chi connectivity index (χ2v) is 9.57. The van der Waals surface area contributed by atoms with Crippen LogP contribution in [-0.2, 0) is 4.84 Å². The Hall–Kier alpha value is -2.11. The quantitative estimate of drug-likeness (QED) is 0.409. The minimum atomic E-state index is -4.54. The summed E-state index contributed by atoms with van der Waals surface area (Å²) < 4.78 is 43.1. The van der Waals surface area contributed by atoms with Crippen molar-refractivity contribution in [3.63, 3.8) is 0 Å². The lowest BCUT2D eigenvalue weighted by Gasteiger charge is -2.52. The number of alkyl halides is 3. The van der Waals surface area contributed by atoms with E-state index in [9.17, 15) is 13.2 Å². The maximum Gasteiger partial charge on any atom is 0.420 e. The van der Waals surface area contributed by atoms with Crippen LogP contribution in [0.4, 0.5) is 13.2 Å². The molecular weight excluding hydrogens is 387 g/mol. The molecule has 3 aromatic rings. The Labute approximate surface area is 175 Å². The number of piperidine rings is 1. The molecule has 30 heavy (non-hydrogen) atoms. The summed E-state index contributed by atoms with van der Waals surface area (Å²) in [6.07, 6.45) is -4.01. The van der Waals surface area contributed by atoms with Gasteiger partial charge in [-0.15, -0.1) is 0 Å². The van der Waals surface area contributed by atoms with Gasteiger partial charge in [-0.05, 0) is 86.2 Å². The summed E-state index contributed by atoms with van der Waals surface area (Å²) in [4.78, 5) is 5.90. The highest BCUT2D eigenvalue weighted by molar-refractivity contribution is 5.99. The molecule has 0 spiro atoms. The number of halogens is 3. The number of hydroxylamine groups is 2. The number of benzene rings is 3. The number of rotatable bonds is 3. The van der Waals surface area contributed by atoms with Gasteiger partial charge in [-0.2, -0.15) is 18.2 Å². The van der Waals surface area contributed by atoms with Crippen molar-refractivity contribution in [3.05, 3.63) is 60.2 Å². The number of fused-ring (bicyclic) bond motifs is 2. The number of nitrogens with zero attached hydrogens (tertiary/aromatic N) is 1. The van der Waals surface area contributed by atoms with Crippen LogP contribution in [0.5, 0.6) is 0 Å². The molecule has 1 aliphatic heterocycles. The van der Waals surface area contributed by atoms with E-state index in [0.717, 1.165) is 35.4 Å². The molecule has 0 saturated carbocycles. The van der Waals surface area contributed by atoms with Gasteiger partial charge in [0.2, 0.25) is 6.10 Å². The average Bonchev–Trinajstić information content (AvgIpc) is 2.64. The maximum absolute atomic E-state index is 14.4. The summed E-state index contributed by atoms with van der Waals surface area (Å²) >= 11 is 0. The molecule has 1 fully saturated rings. The minimum Gasteiger partial charge on any atom is -0.280 e. The van der Waals surface area contributed by atoms with Gasteiger partial charge in [-0.1, -0.05) is 42.5 Å². The highest BCUT2D eigenvalue weighted by Gasteiger charge is 2.50. The summed E-state index contributed by atoms with van der Waals surface area (Å²) in [5.74, 6) is 0. The standard InChI is InChI=1S/C25H28F3NO/c1-23(2)13-8-14-24(3,4)29(23)30-22(25(26,27)28)20-12-7-11-19-15-17-9-5-6-10-18(17)16-21(19)20/h5-7,9-12,15-16,22H,8,13-14H2,1-4H3. The van der Waals surface area contributed by atoms with Crippen molar-refractivity contribution in [1.82, 2.24) is 5.06 Å². The zero-order chi connectivity index (χ0) is 21.7. The summed E-state index contributed by atoms with van der Waals surface area (Å²) in [7, 11) is 0. The van der Waals surface area contributed by atoms with Crippen molar-refractivity contribution in [1.29, 1.82) is 0 Å². The van der Waals surface area contributed by atoms with Crippen molar-refractivity contribution in [2.75, 3.05) is 0 Å². The Morgan fingerprint density at radius 3 is 2.00 bits per heavy atom. The van der Waals surface area contributed by atoms with Gasteiger partial charge in [0.25, 0.3) is 0 Å². The van der Waals surface area contributed by atoms with Gasteiger partial charge in [-0.3, -0.25) is 4.84 Å². The Balaban J connectivity index is 1.85. The second kappa shape index (κ2) is 7.24. The topological polar surface area (TPSA) is 12.5 Å². The van der Waals surface area contributed by atoms with Crippen LogP contribution in [-0.4, -0.2) is 22.3 Å². The van der Waals surface area contributed by atoms with Crippen LogP contribution < -0.4 is 0 Å². The fourth-order valence-corrected chi connectivity index (χ4v) is 4.88. The molecule has 1 aliphatic rings. The van der Waals surface area contributed by atoms with Gasteiger partial charge in [0.1, 0.15) is 0 Å². The van der Waals surface area contributed by atoms with E-state index in [1.54, 1.807) is 17.2 Å². The molecule has 2 nitrogen and oxygen atoms in total. The third-order valence-electron chi connectivity index (χ3n) is 6.25. The molecule has 0 aromatic heterocycles. The first-order chi connectivity index (χ1) is 14.0. The maximum atomic E-state index is 14.4. The Kier molecular flexibility index (Phi) is 5.10. The summed E-state index contributed by atoms with van der Waals surface area (Å²) in [6, 6.07) is 16.6. The molecule has 0 amide bonds. The molecule has 1 unspecified atom stereocenters. The van der Waals surface area contributed by atoms with Crippen molar-refractivity contribution in [2.45, 2.75) is 70.3 Å². The SMILES string of the molecule is CC1(C)CCCC(C)(C)N1OC(c1cccc2cc3ccccc3cc12)C(F)(F)F. The van der Waals surface area contributed by atoms with Gasteiger partial charge < -0.3 is 0 Å². The predicted octanol–water partition coefficient (Wildman–Crippen LogP) is 7.57. The summed E-state index contributed by atoms with van der Waals surface area (Å²) in [5, 5.41) is 4.87. The summed E-state index contributed by atoms with van der Waals surface area (Å²) in [6.45, 7) is 7.83. The van der Waals surface area contributed by atoms with Crippen LogP contribution >= 0.6 is 0 Å². The molecule has 3 aromatic carbocycles. The third-order valence-corrected chi connectivity index (χ3v) is 6.25. The van der Waals surface area contributed by atoms with Gasteiger partial charge in [0.15, 0.2) is 0 Å². The molecular formula is C25H28F3NO. The molecule has 160 valence electrons. The largest absolute Gasteiger partial charge is 0.420 e. The predicted molar refractivity (Wildman–Crippen MR) is 115 cm³/mol. The van der Waals surface area contributed by atoms with E-state index < -0.39 is 23.4 Å². The lowest BCUT2D eigenvalue weighted by molar-refractivity contribution is -0.359. The van der Waals surface area contributed by atoms with E-state index in [0.29, 0.717) is 5.39 Å². The number of hydrogen-bond acceptors (Lipinski definition) is 2. The van der Waals surface area contributed by atoms with Crippen LogP contribution in [0, 0.1) is 0 Å². The number of hydrogen-bond donors (Lipinski definition) is 0. The lowest BCUT2D eigenvalue weighted by Crippen LogP contribution is -2.59. The molecule has 0 bridgehead atoms. The molecule has 5 heteroatoms. The molecule has 0 N–H and O–H groups in total. The molecule has 1 heterocycles. The van der Waals surface area contributed by atoms with E-state index in [1.807, 2.05) is 70.2 Å². The highest BCUT2D eigenvalue weighted by atomic mass is 19.4. The average molecular weight is 415 g/mol. The van der Waals surface area contributed by atoms with Crippen molar-refractivity contribution >= 4 is 21.5 Å². The normalized spacial score (nSPS) is 20.5. The van der Waals surface area contributed by atoms with Crippen molar-refractivity contribution in [2.24, 2.45) is 0 Å². The van der Waals surface area contributed by atoms with Crippen LogP contribution in [0.3, 0.4) is 0 Å². The Bertz CT molecular complexity index is 1050. The van der Waals surface area contributed by atoms with E-state index in [4.69, 9.17) is 4.84 Å². The first kappa shape index (κ1) is 21.1. The van der Waals surface area contributed by atoms with Crippen LogP contribution in [0.2, 0.25) is 0 Å². The third kappa shape index (κ3) is 3.81. The zero-order valence-corrected chi connectivity index (χ0v) is 17.9. The summed E-state index contributed by atoms with van der Waals surface area (Å²) in [5.41, 5.74) is -0.812. The van der Waals surface area contributed by atoms with Gasteiger partial charge in [0, 0.05) is 11.1 Å². The first-order valence-electron chi connectivity index (χ1n) is 10.4. The van der Waals surface area contributed by atoms with E-state index in [2.05, 4.69) is 0 Å². The molecule has 0 aliphatic carbocycles. The first-order valence-corrected chi connectivity index (χ1v) is 10.4. The second-order valence-electron chi connectivity index (χ2n) is 9.57. The van der Waals surface area contributed by atoms with Crippen LogP contribution in [0.1, 0.15) is 58.6 Å². The zero-order valence-electron chi connectivity index (χ0n) is 17.9. The van der Waals surface area contributed by atoms with Crippen molar-refractivity contribution < 1.29 is 18.0 Å². The molecule has 4 rings (SSSR count). The van der Waals surface area contributed by atoms with Crippen LogP contribution in [0.25, 0.3) is 21.5 Å². The molecule has 0 radical (unpaired) electrons. The van der Waals surface area contributed by atoms with E-state index in [1.165, 1.54) is 0 Å². The van der Waals surface area contributed by atoms with Crippen LogP contribution in [0.15, 0.2) is 54.6 Å². The van der Waals surface area contributed by atoms with E-state index in [-0.39, 0.29) is 5.56 Å². The molecule has 1 atom stereocenters. The van der Waals surface area contributed by atoms with E-state index >= 15 is 0 Å². The smallest absolute Gasteiger partial charge is 0.280 e. The highest BCUT2D eigenvalue weighted by Crippen LogP contribution is 2.46. The molecule has 1 saturated heterocycles. The Morgan fingerprint density at radius 1 is 0.833 bits per heavy atom. The minimum absolute atomic E-state index is 0.155. The fraction of sp³-hybridized carbons (Fsp3) is 0.440. The lowest BCUT2D eigenvalue weighted by atomic mass is 9.82.